The topological polar surface area (TPSA) is 75.7 Å². The van der Waals surface area contributed by atoms with E-state index in [0.29, 0.717) is 18.8 Å². The van der Waals surface area contributed by atoms with Gasteiger partial charge in [-0.05, 0) is 44.0 Å². The van der Waals surface area contributed by atoms with Crippen LogP contribution in [0.15, 0.2) is 47.4 Å². The predicted molar refractivity (Wildman–Crippen MR) is 113 cm³/mol. The molecule has 156 valence electrons. The predicted octanol–water partition coefficient (Wildman–Crippen LogP) is 4.01. The van der Waals surface area contributed by atoms with Gasteiger partial charge in [0.1, 0.15) is 10.6 Å². The molecule has 0 aliphatic carbocycles. The molecule has 6 nitrogen and oxygen atoms in total. The lowest BCUT2D eigenvalue weighted by atomic mass is 10.1. The zero-order valence-electron chi connectivity index (χ0n) is 16.5. The quantitative estimate of drug-likeness (QED) is 0.742. The highest BCUT2D eigenvalue weighted by molar-refractivity contribution is 7.89. The summed E-state index contributed by atoms with van der Waals surface area (Å²) in [6.07, 6.45) is 2.67. The van der Waals surface area contributed by atoms with Gasteiger partial charge in [0.2, 0.25) is 10.0 Å². The van der Waals surface area contributed by atoms with Gasteiger partial charge >= 0.3 is 0 Å². The van der Waals surface area contributed by atoms with Crippen molar-refractivity contribution in [3.05, 3.63) is 58.6 Å². The molecule has 0 saturated carbocycles. The van der Waals surface area contributed by atoms with E-state index in [1.165, 1.54) is 22.5 Å². The summed E-state index contributed by atoms with van der Waals surface area (Å²) in [5.74, 6) is 0.292. The molecular weight excluding hydrogens is 412 g/mol. The summed E-state index contributed by atoms with van der Waals surface area (Å²) in [6, 6.07) is 11.4. The third kappa shape index (κ3) is 4.74. The minimum atomic E-state index is -3.74. The Morgan fingerprint density at radius 1 is 1.14 bits per heavy atom. The Morgan fingerprint density at radius 3 is 2.52 bits per heavy atom. The standard InChI is InChI=1S/C21H25ClN2O4S/c1-15(17-8-4-5-9-19(17)28-2)23-21(25)16-10-11-18(22)20(14-16)29(26,27)24-12-6-3-7-13-24/h4-5,8-11,14-15H,3,6-7,12-13H2,1-2H3,(H,23,25). The van der Waals surface area contributed by atoms with E-state index in [2.05, 4.69) is 5.32 Å². The molecule has 0 bridgehead atoms. The minimum Gasteiger partial charge on any atom is -0.496 e. The molecule has 1 atom stereocenters. The summed E-state index contributed by atoms with van der Waals surface area (Å²) >= 11 is 6.19. The molecule has 0 spiro atoms. The first kappa shape index (κ1) is 21.6. The second-order valence-electron chi connectivity index (χ2n) is 7.05. The van der Waals surface area contributed by atoms with Gasteiger partial charge in [0, 0.05) is 24.2 Å². The highest BCUT2D eigenvalue weighted by Crippen LogP contribution is 2.29. The van der Waals surface area contributed by atoms with Crippen LogP contribution in [-0.4, -0.2) is 38.8 Å². The smallest absolute Gasteiger partial charge is 0.251 e. The van der Waals surface area contributed by atoms with Crippen molar-refractivity contribution in [1.82, 2.24) is 9.62 Å². The summed E-state index contributed by atoms with van der Waals surface area (Å²) < 4.78 is 32.8. The molecule has 2 aromatic carbocycles. The molecule has 29 heavy (non-hydrogen) atoms. The second-order valence-corrected chi connectivity index (χ2v) is 9.36. The van der Waals surface area contributed by atoms with Crippen LogP contribution in [0.25, 0.3) is 0 Å². The van der Waals surface area contributed by atoms with E-state index in [0.717, 1.165) is 24.8 Å². The van der Waals surface area contributed by atoms with Gasteiger partial charge in [-0.1, -0.05) is 36.2 Å². The molecule has 0 aromatic heterocycles. The molecule has 8 heteroatoms. The third-order valence-corrected chi connectivity index (χ3v) is 7.46. The van der Waals surface area contributed by atoms with Gasteiger partial charge in [-0.15, -0.1) is 0 Å². The Balaban J connectivity index is 1.84. The molecule has 1 aliphatic rings. The molecule has 1 heterocycles. The molecule has 0 radical (unpaired) electrons. The number of rotatable bonds is 6. The number of nitrogens with one attached hydrogen (secondary N) is 1. The lowest BCUT2D eigenvalue weighted by Gasteiger charge is -2.26. The summed E-state index contributed by atoms with van der Waals surface area (Å²) in [7, 11) is -2.16. The zero-order chi connectivity index (χ0) is 21.0. The van der Waals surface area contributed by atoms with Gasteiger partial charge in [0.15, 0.2) is 0 Å². The summed E-state index contributed by atoms with van der Waals surface area (Å²) in [6.45, 7) is 2.79. The van der Waals surface area contributed by atoms with Crippen LogP contribution in [0.4, 0.5) is 0 Å². The number of carbonyl (C=O) groups is 1. The van der Waals surface area contributed by atoms with E-state index in [4.69, 9.17) is 16.3 Å². The Bertz CT molecular complexity index is 988. The Morgan fingerprint density at radius 2 is 1.83 bits per heavy atom. The van der Waals surface area contributed by atoms with Crippen molar-refractivity contribution in [3.8, 4) is 5.75 Å². The molecule has 1 fully saturated rings. The van der Waals surface area contributed by atoms with Crippen LogP contribution in [-0.2, 0) is 10.0 Å². The normalized spacial score (nSPS) is 16.2. The fourth-order valence-electron chi connectivity index (χ4n) is 3.47. The number of ether oxygens (including phenoxy) is 1. The van der Waals surface area contributed by atoms with Crippen molar-refractivity contribution in [2.45, 2.75) is 37.1 Å². The molecule has 1 N–H and O–H groups in total. The Hall–Kier alpha value is -2.09. The van der Waals surface area contributed by atoms with Crippen LogP contribution in [0.5, 0.6) is 5.75 Å². The number of piperidine rings is 1. The number of hydrogen-bond donors (Lipinski definition) is 1. The summed E-state index contributed by atoms with van der Waals surface area (Å²) in [5, 5.41) is 3.01. The fraction of sp³-hybridized carbons (Fsp3) is 0.381. The average Bonchev–Trinajstić information content (AvgIpc) is 2.74. The van der Waals surface area contributed by atoms with E-state index in [-0.39, 0.29) is 27.4 Å². The number of methoxy groups -OCH3 is 1. The van der Waals surface area contributed by atoms with Crippen LogP contribution >= 0.6 is 11.6 Å². The number of hydrogen-bond acceptors (Lipinski definition) is 4. The maximum atomic E-state index is 13.0. The van der Waals surface area contributed by atoms with E-state index >= 15 is 0 Å². The average molecular weight is 437 g/mol. The van der Waals surface area contributed by atoms with E-state index in [9.17, 15) is 13.2 Å². The first-order valence-electron chi connectivity index (χ1n) is 9.58. The largest absolute Gasteiger partial charge is 0.496 e. The summed E-state index contributed by atoms with van der Waals surface area (Å²) in [4.78, 5) is 12.8. The number of halogens is 1. The number of amides is 1. The number of sulfonamides is 1. The second kappa shape index (κ2) is 9.15. The van der Waals surface area contributed by atoms with Gasteiger partial charge in [-0.25, -0.2) is 8.42 Å². The van der Waals surface area contributed by atoms with Crippen LogP contribution in [0, 0.1) is 0 Å². The highest BCUT2D eigenvalue weighted by Gasteiger charge is 2.29. The first-order valence-corrected chi connectivity index (χ1v) is 11.4. The highest BCUT2D eigenvalue weighted by atomic mass is 35.5. The van der Waals surface area contributed by atoms with Crippen molar-refractivity contribution in [2.24, 2.45) is 0 Å². The lowest BCUT2D eigenvalue weighted by Crippen LogP contribution is -2.36. The third-order valence-electron chi connectivity index (χ3n) is 5.08. The van der Waals surface area contributed by atoms with Crippen molar-refractivity contribution >= 4 is 27.5 Å². The molecule has 1 aliphatic heterocycles. The maximum Gasteiger partial charge on any atom is 0.251 e. The Labute approximate surface area is 176 Å². The molecule has 3 rings (SSSR count). The number of nitrogens with zero attached hydrogens (tertiary/aromatic N) is 1. The van der Waals surface area contributed by atoms with Gasteiger partial charge in [-0.3, -0.25) is 4.79 Å². The molecular formula is C21H25ClN2O4S. The lowest BCUT2D eigenvalue weighted by molar-refractivity contribution is 0.0939. The van der Waals surface area contributed by atoms with Gasteiger partial charge in [-0.2, -0.15) is 4.31 Å². The monoisotopic (exact) mass is 436 g/mol. The van der Waals surface area contributed by atoms with Crippen LogP contribution < -0.4 is 10.1 Å². The zero-order valence-corrected chi connectivity index (χ0v) is 18.1. The molecule has 1 saturated heterocycles. The number of benzene rings is 2. The maximum absolute atomic E-state index is 13.0. The van der Waals surface area contributed by atoms with Crippen molar-refractivity contribution < 1.29 is 17.9 Å². The molecule has 1 amide bonds. The van der Waals surface area contributed by atoms with Crippen LogP contribution in [0.1, 0.15) is 48.1 Å². The fourth-order valence-corrected chi connectivity index (χ4v) is 5.49. The molecule has 2 aromatic rings. The molecule has 1 unspecified atom stereocenters. The number of carbonyl (C=O) groups excluding carboxylic acids is 1. The minimum absolute atomic E-state index is 0.0290. The van der Waals surface area contributed by atoms with E-state index in [1.807, 2.05) is 31.2 Å². The van der Waals surface area contributed by atoms with Crippen molar-refractivity contribution in [3.63, 3.8) is 0 Å². The summed E-state index contributed by atoms with van der Waals surface area (Å²) in [5.41, 5.74) is 1.07. The van der Waals surface area contributed by atoms with Crippen molar-refractivity contribution in [1.29, 1.82) is 0 Å². The van der Waals surface area contributed by atoms with E-state index < -0.39 is 10.0 Å². The SMILES string of the molecule is COc1ccccc1C(C)NC(=O)c1ccc(Cl)c(S(=O)(=O)N2CCCCC2)c1. The number of para-hydroxylation sites is 1. The van der Waals surface area contributed by atoms with Crippen LogP contribution in [0.2, 0.25) is 5.02 Å². The first-order chi connectivity index (χ1) is 13.8. The van der Waals surface area contributed by atoms with Gasteiger partial charge in [0.25, 0.3) is 5.91 Å². The van der Waals surface area contributed by atoms with Crippen LogP contribution in [0.3, 0.4) is 0 Å². The van der Waals surface area contributed by atoms with Crippen molar-refractivity contribution in [2.75, 3.05) is 20.2 Å². The van der Waals surface area contributed by atoms with E-state index in [1.54, 1.807) is 7.11 Å². The van der Waals surface area contributed by atoms with Gasteiger partial charge in [0.05, 0.1) is 18.2 Å². The van der Waals surface area contributed by atoms with Gasteiger partial charge < -0.3 is 10.1 Å². The Kier molecular flexibility index (Phi) is 6.82.